The number of anilines is 1. The lowest BCUT2D eigenvalue weighted by Crippen LogP contribution is -2.51. The molecule has 0 unspecified atom stereocenters. The number of benzene rings is 2. The highest BCUT2D eigenvalue weighted by atomic mass is 35.5. The molecule has 0 spiro atoms. The molecule has 2 aromatic rings. The molecule has 2 aliphatic heterocycles. The Kier molecular flexibility index (Phi) is 5.90. The molecule has 2 aliphatic rings. The summed E-state index contributed by atoms with van der Waals surface area (Å²) in [4.78, 5) is 31.1. The quantitative estimate of drug-likeness (QED) is 0.690. The maximum atomic E-state index is 13.0. The third-order valence-corrected chi connectivity index (χ3v) is 5.73. The first kappa shape index (κ1) is 20.0. The van der Waals surface area contributed by atoms with E-state index in [0.717, 1.165) is 31.7 Å². The van der Waals surface area contributed by atoms with Gasteiger partial charge >= 0.3 is 0 Å². The fourth-order valence-electron chi connectivity index (χ4n) is 3.79. The van der Waals surface area contributed by atoms with Crippen molar-refractivity contribution in [1.29, 1.82) is 0 Å². The SMILES string of the molecule is O=C1C[C@H](N2CCN(/C=C/c3ccccc3)CC2)C(=O)N1c1cc(Cl)cc(Cl)c1. The van der Waals surface area contributed by atoms with E-state index in [-0.39, 0.29) is 18.2 Å². The van der Waals surface area contributed by atoms with Gasteiger partial charge in [0.15, 0.2) is 0 Å². The average molecular weight is 430 g/mol. The molecule has 0 saturated carbocycles. The number of hydrogen-bond donors (Lipinski definition) is 0. The van der Waals surface area contributed by atoms with Gasteiger partial charge in [-0.15, -0.1) is 0 Å². The van der Waals surface area contributed by atoms with Gasteiger partial charge in [-0.05, 0) is 36.0 Å². The summed E-state index contributed by atoms with van der Waals surface area (Å²) in [5.41, 5.74) is 1.59. The van der Waals surface area contributed by atoms with Crippen LogP contribution in [0.25, 0.3) is 6.08 Å². The van der Waals surface area contributed by atoms with Crippen molar-refractivity contribution in [3.05, 3.63) is 70.3 Å². The van der Waals surface area contributed by atoms with E-state index in [9.17, 15) is 9.59 Å². The van der Waals surface area contributed by atoms with Gasteiger partial charge in [0.1, 0.15) is 0 Å². The summed E-state index contributed by atoms with van der Waals surface area (Å²) >= 11 is 12.1. The zero-order valence-electron chi connectivity index (χ0n) is 15.8. The number of hydrogen-bond acceptors (Lipinski definition) is 4. The van der Waals surface area contributed by atoms with Crippen molar-refractivity contribution < 1.29 is 9.59 Å². The van der Waals surface area contributed by atoms with Gasteiger partial charge in [0.2, 0.25) is 5.91 Å². The molecule has 0 aliphatic carbocycles. The van der Waals surface area contributed by atoms with Crippen LogP contribution in [-0.2, 0) is 9.59 Å². The molecule has 2 heterocycles. The molecule has 4 rings (SSSR count). The highest BCUT2D eigenvalue weighted by Crippen LogP contribution is 2.31. The number of amides is 2. The van der Waals surface area contributed by atoms with Gasteiger partial charge in [-0.1, -0.05) is 53.5 Å². The first-order chi connectivity index (χ1) is 14.0. The van der Waals surface area contributed by atoms with Crippen molar-refractivity contribution in [2.24, 2.45) is 0 Å². The number of carbonyl (C=O) groups is 2. The fourth-order valence-corrected chi connectivity index (χ4v) is 4.31. The third kappa shape index (κ3) is 4.47. The number of halogens is 2. The Labute approximate surface area is 180 Å². The molecule has 5 nitrogen and oxygen atoms in total. The molecular formula is C22H21Cl2N3O2. The molecule has 2 saturated heterocycles. The summed E-state index contributed by atoms with van der Waals surface area (Å²) in [5.74, 6) is -0.425. The smallest absolute Gasteiger partial charge is 0.251 e. The van der Waals surface area contributed by atoms with Crippen LogP contribution in [0.2, 0.25) is 10.0 Å². The highest BCUT2D eigenvalue weighted by molar-refractivity contribution is 6.35. The van der Waals surface area contributed by atoms with Crippen LogP contribution in [0.4, 0.5) is 5.69 Å². The normalized spacial score (nSPS) is 20.8. The van der Waals surface area contributed by atoms with Crippen molar-refractivity contribution in [3.8, 4) is 0 Å². The second-order valence-corrected chi connectivity index (χ2v) is 8.09. The number of nitrogens with zero attached hydrogens (tertiary/aromatic N) is 3. The average Bonchev–Trinajstić information content (AvgIpc) is 3.01. The van der Waals surface area contributed by atoms with Crippen molar-refractivity contribution in [1.82, 2.24) is 9.80 Å². The number of piperazine rings is 1. The van der Waals surface area contributed by atoms with E-state index in [1.807, 2.05) is 18.2 Å². The first-order valence-electron chi connectivity index (χ1n) is 9.55. The van der Waals surface area contributed by atoms with Crippen LogP contribution in [0, 0.1) is 0 Å². The Morgan fingerprint density at radius 1 is 0.897 bits per heavy atom. The Bertz CT molecular complexity index is 920. The van der Waals surface area contributed by atoms with E-state index in [2.05, 4.69) is 34.2 Å². The second-order valence-electron chi connectivity index (χ2n) is 7.21. The minimum Gasteiger partial charge on any atom is -0.375 e. The second kappa shape index (κ2) is 8.57. The molecule has 0 bridgehead atoms. The van der Waals surface area contributed by atoms with Gasteiger partial charge in [-0.3, -0.25) is 14.5 Å². The van der Waals surface area contributed by atoms with Crippen LogP contribution in [0.3, 0.4) is 0 Å². The lowest BCUT2D eigenvalue weighted by Gasteiger charge is -2.36. The van der Waals surface area contributed by atoms with Gasteiger partial charge in [0.25, 0.3) is 5.91 Å². The minimum atomic E-state index is -0.430. The monoisotopic (exact) mass is 429 g/mol. The Morgan fingerprint density at radius 2 is 1.55 bits per heavy atom. The fraction of sp³-hybridized carbons (Fsp3) is 0.273. The molecule has 0 radical (unpaired) electrons. The van der Waals surface area contributed by atoms with Gasteiger partial charge in [-0.2, -0.15) is 0 Å². The van der Waals surface area contributed by atoms with Gasteiger partial charge < -0.3 is 4.90 Å². The van der Waals surface area contributed by atoms with E-state index in [1.54, 1.807) is 18.2 Å². The molecule has 0 aromatic heterocycles. The molecule has 7 heteroatoms. The largest absolute Gasteiger partial charge is 0.375 e. The lowest BCUT2D eigenvalue weighted by atomic mass is 10.1. The van der Waals surface area contributed by atoms with Crippen molar-refractivity contribution in [2.75, 3.05) is 31.1 Å². The zero-order valence-corrected chi connectivity index (χ0v) is 17.3. The Morgan fingerprint density at radius 3 is 2.21 bits per heavy atom. The van der Waals surface area contributed by atoms with E-state index in [1.165, 1.54) is 4.90 Å². The van der Waals surface area contributed by atoms with Crippen LogP contribution in [-0.4, -0.2) is 53.8 Å². The van der Waals surface area contributed by atoms with Crippen molar-refractivity contribution in [3.63, 3.8) is 0 Å². The van der Waals surface area contributed by atoms with Crippen LogP contribution < -0.4 is 4.90 Å². The van der Waals surface area contributed by atoms with E-state index < -0.39 is 6.04 Å². The third-order valence-electron chi connectivity index (χ3n) is 5.30. The standard InChI is InChI=1S/C22H21Cl2N3O2/c23-17-12-18(24)14-19(13-17)27-21(28)15-20(22(27)29)26-10-8-25(9-11-26)7-6-16-4-2-1-3-5-16/h1-7,12-14,20H,8-11,15H2/b7-6+/t20-/m0/s1. The van der Waals surface area contributed by atoms with Crippen molar-refractivity contribution in [2.45, 2.75) is 12.5 Å². The minimum absolute atomic E-state index is 0.183. The van der Waals surface area contributed by atoms with Gasteiger partial charge in [0.05, 0.1) is 18.2 Å². The summed E-state index contributed by atoms with van der Waals surface area (Å²) in [6.07, 6.45) is 4.36. The maximum absolute atomic E-state index is 13.0. The van der Waals surface area contributed by atoms with Crippen LogP contribution in [0.5, 0.6) is 0 Å². The molecule has 1 atom stereocenters. The van der Waals surface area contributed by atoms with Gasteiger partial charge in [-0.25, -0.2) is 4.90 Å². The summed E-state index contributed by atoms with van der Waals surface area (Å²) < 4.78 is 0. The molecule has 2 amide bonds. The summed E-state index contributed by atoms with van der Waals surface area (Å²) in [6, 6.07) is 14.5. The van der Waals surface area contributed by atoms with Crippen LogP contribution >= 0.6 is 23.2 Å². The molecule has 2 aromatic carbocycles. The van der Waals surface area contributed by atoms with Crippen molar-refractivity contribution >= 4 is 46.8 Å². The number of rotatable bonds is 4. The Balaban J connectivity index is 1.39. The number of imide groups is 1. The maximum Gasteiger partial charge on any atom is 0.251 e. The molecule has 150 valence electrons. The molecular weight excluding hydrogens is 409 g/mol. The molecule has 0 N–H and O–H groups in total. The van der Waals surface area contributed by atoms with E-state index in [0.29, 0.717) is 15.7 Å². The van der Waals surface area contributed by atoms with E-state index in [4.69, 9.17) is 23.2 Å². The summed E-state index contributed by atoms with van der Waals surface area (Å²) in [5, 5.41) is 0.797. The molecule has 29 heavy (non-hydrogen) atoms. The van der Waals surface area contributed by atoms with Crippen LogP contribution in [0.1, 0.15) is 12.0 Å². The summed E-state index contributed by atoms with van der Waals surface area (Å²) in [7, 11) is 0. The van der Waals surface area contributed by atoms with Gasteiger partial charge in [0, 0.05) is 36.2 Å². The van der Waals surface area contributed by atoms with E-state index >= 15 is 0 Å². The number of carbonyl (C=O) groups excluding carboxylic acids is 2. The van der Waals surface area contributed by atoms with Crippen LogP contribution in [0.15, 0.2) is 54.7 Å². The zero-order chi connectivity index (χ0) is 20.4. The Hall–Kier alpha value is -2.34. The predicted molar refractivity (Wildman–Crippen MR) is 116 cm³/mol. The highest BCUT2D eigenvalue weighted by Gasteiger charge is 2.43. The first-order valence-corrected chi connectivity index (χ1v) is 10.3. The topological polar surface area (TPSA) is 43.9 Å². The lowest BCUT2D eigenvalue weighted by molar-refractivity contribution is -0.123. The molecule has 2 fully saturated rings. The summed E-state index contributed by atoms with van der Waals surface area (Å²) in [6.45, 7) is 3.08. The predicted octanol–water partition coefficient (Wildman–Crippen LogP) is 3.91.